The highest BCUT2D eigenvalue weighted by atomic mass is 15.2. The molecule has 0 aromatic heterocycles. The summed E-state index contributed by atoms with van der Waals surface area (Å²) in [5, 5.41) is 0. The fraction of sp³-hybridized carbons (Fsp3) is 0.143. The molecule has 0 N–H and O–H groups in total. The molecule has 282 valence electrons. The van der Waals surface area contributed by atoms with E-state index in [0.717, 1.165) is 17.8 Å². The van der Waals surface area contributed by atoms with Crippen molar-refractivity contribution in [3.63, 3.8) is 0 Å². The van der Waals surface area contributed by atoms with Crippen molar-refractivity contribution in [2.24, 2.45) is 5.92 Å². The number of hydrogen-bond acceptors (Lipinski definition) is 2. The smallest absolute Gasteiger partial charge is 0.0465 e. The normalized spacial score (nSPS) is 16.8. The molecule has 1 unspecified atom stereocenters. The molecule has 0 radical (unpaired) electrons. The summed E-state index contributed by atoms with van der Waals surface area (Å²) in [7, 11) is 0. The van der Waals surface area contributed by atoms with Crippen LogP contribution < -0.4 is 9.80 Å². The van der Waals surface area contributed by atoms with E-state index in [1.165, 1.54) is 72.8 Å². The minimum Gasteiger partial charge on any atom is -0.314 e. The molecule has 7 aromatic carbocycles. The molecule has 0 amide bonds. The van der Waals surface area contributed by atoms with Crippen molar-refractivity contribution in [3.8, 4) is 11.1 Å². The first kappa shape index (κ1) is 35.8. The van der Waals surface area contributed by atoms with Crippen molar-refractivity contribution in [3.05, 3.63) is 227 Å². The maximum Gasteiger partial charge on any atom is 0.0465 e. The summed E-state index contributed by atoms with van der Waals surface area (Å²) in [5.74, 6) is 0.394. The van der Waals surface area contributed by atoms with Crippen LogP contribution in [-0.2, 0) is 10.8 Å². The van der Waals surface area contributed by atoms with Gasteiger partial charge in [-0.1, -0.05) is 161 Å². The highest BCUT2D eigenvalue weighted by molar-refractivity contribution is 5.87. The monoisotopic (exact) mass is 748 g/mol. The Morgan fingerprint density at radius 2 is 0.879 bits per heavy atom. The predicted octanol–water partition coefficient (Wildman–Crippen LogP) is 15.0. The first-order valence-corrected chi connectivity index (χ1v) is 20.6. The van der Waals surface area contributed by atoms with Crippen LogP contribution in [-0.4, -0.2) is 0 Å². The number of hydrogen-bond donors (Lipinski definition) is 0. The van der Waals surface area contributed by atoms with E-state index in [2.05, 4.69) is 238 Å². The van der Waals surface area contributed by atoms with Crippen LogP contribution in [0.4, 0.5) is 28.4 Å². The third-order valence-corrected chi connectivity index (χ3v) is 12.9. The lowest BCUT2D eigenvalue weighted by atomic mass is 9.73. The minimum atomic E-state index is -0.144. The second kappa shape index (κ2) is 14.1. The standard InChI is InChI=1S/C56H48N2/c1-55(2)51-35-39(27-31-47(51)49-33-29-45(37-53(49)55)57(41-17-9-5-10-18-41)42-19-11-6-12-20-42)25-26-40-28-32-48-50-34-30-46(38-54(50)56(3,4)52(48)36-40)58(43-21-13-7-14-22-43)44-23-15-8-16-24-44/h5-37,54H,38H2,1-4H3/b26-25+. The van der Waals surface area contributed by atoms with E-state index in [4.69, 9.17) is 0 Å². The number of benzene rings is 7. The van der Waals surface area contributed by atoms with Gasteiger partial charge in [-0.3, -0.25) is 0 Å². The third-order valence-electron chi connectivity index (χ3n) is 12.9. The fourth-order valence-electron chi connectivity index (χ4n) is 9.83. The molecule has 7 aromatic rings. The first-order valence-electron chi connectivity index (χ1n) is 20.6. The fourth-order valence-corrected chi connectivity index (χ4v) is 9.83. The predicted molar refractivity (Wildman–Crippen MR) is 246 cm³/mol. The SMILES string of the molecule is CC1(C)c2cc(/C=C/c3ccc4c(c3)C(C)(C)C3CC(N(c5ccccc5)c5ccccc5)=CC=C43)ccc2-c2ccc(N(c3ccccc3)c3ccccc3)cc21. The zero-order valence-corrected chi connectivity index (χ0v) is 33.7. The molecule has 0 spiro atoms. The van der Waals surface area contributed by atoms with Gasteiger partial charge in [-0.25, -0.2) is 0 Å². The molecule has 2 heteroatoms. The number of rotatable bonds is 8. The van der Waals surface area contributed by atoms with Crippen molar-refractivity contribution >= 4 is 46.2 Å². The summed E-state index contributed by atoms with van der Waals surface area (Å²) >= 11 is 0. The van der Waals surface area contributed by atoms with Gasteiger partial charge >= 0.3 is 0 Å². The number of nitrogens with zero attached hydrogens (tertiary/aromatic N) is 2. The molecule has 3 aliphatic carbocycles. The Labute approximate surface area is 343 Å². The molecule has 3 aliphatic rings. The second-order valence-electron chi connectivity index (χ2n) is 17.1. The number of fused-ring (bicyclic) bond motifs is 6. The topological polar surface area (TPSA) is 6.48 Å². The van der Waals surface area contributed by atoms with Crippen LogP contribution in [0.5, 0.6) is 0 Å². The van der Waals surface area contributed by atoms with Gasteiger partial charge in [0, 0.05) is 39.5 Å². The van der Waals surface area contributed by atoms with Gasteiger partial charge in [0.15, 0.2) is 0 Å². The lowest BCUT2D eigenvalue weighted by Gasteiger charge is -2.36. The largest absolute Gasteiger partial charge is 0.314 e. The molecule has 0 saturated carbocycles. The summed E-state index contributed by atoms with van der Waals surface area (Å²) in [6.45, 7) is 9.63. The van der Waals surface area contributed by atoms with E-state index in [1.807, 2.05) is 0 Å². The molecular formula is C56H48N2. The molecule has 0 heterocycles. The Kier molecular flexibility index (Phi) is 8.68. The second-order valence-corrected chi connectivity index (χ2v) is 17.1. The summed E-state index contributed by atoms with van der Waals surface area (Å²) in [4.78, 5) is 4.79. The van der Waals surface area contributed by atoms with Crippen LogP contribution in [0.3, 0.4) is 0 Å². The number of allylic oxidation sites excluding steroid dienone is 4. The summed E-state index contributed by atoms with van der Waals surface area (Å²) < 4.78 is 0. The van der Waals surface area contributed by atoms with Crippen molar-refractivity contribution in [2.75, 3.05) is 9.80 Å². The Morgan fingerprint density at radius 3 is 1.41 bits per heavy atom. The number of anilines is 5. The van der Waals surface area contributed by atoms with E-state index < -0.39 is 0 Å². The van der Waals surface area contributed by atoms with Crippen molar-refractivity contribution in [2.45, 2.75) is 44.9 Å². The molecular weight excluding hydrogens is 701 g/mol. The summed E-state index contributed by atoms with van der Waals surface area (Å²) in [6, 6.07) is 64.0. The van der Waals surface area contributed by atoms with Gasteiger partial charge in [-0.05, 0) is 135 Å². The maximum absolute atomic E-state index is 2.44. The minimum absolute atomic E-state index is 0.0115. The number of para-hydroxylation sites is 4. The van der Waals surface area contributed by atoms with Crippen LogP contribution in [0.2, 0.25) is 0 Å². The summed E-state index contributed by atoms with van der Waals surface area (Å²) in [6.07, 6.45) is 10.3. The zero-order valence-electron chi connectivity index (χ0n) is 33.7. The lowest BCUT2D eigenvalue weighted by Crippen LogP contribution is -2.28. The maximum atomic E-state index is 2.44. The molecule has 0 aliphatic heterocycles. The van der Waals surface area contributed by atoms with Crippen LogP contribution in [0.15, 0.2) is 194 Å². The van der Waals surface area contributed by atoms with Gasteiger partial charge in [-0.2, -0.15) is 0 Å². The van der Waals surface area contributed by atoms with Gasteiger partial charge in [-0.15, -0.1) is 0 Å². The van der Waals surface area contributed by atoms with Gasteiger partial charge in [0.05, 0.1) is 0 Å². The van der Waals surface area contributed by atoms with Gasteiger partial charge in [0.25, 0.3) is 0 Å². The highest BCUT2D eigenvalue weighted by Gasteiger charge is 2.44. The molecule has 0 bridgehead atoms. The van der Waals surface area contributed by atoms with E-state index >= 15 is 0 Å². The van der Waals surface area contributed by atoms with Crippen molar-refractivity contribution in [1.82, 2.24) is 0 Å². The third kappa shape index (κ3) is 6.03. The Balaban J connectivity index is 0.927. The molecule has 0 fully saturated rings. The van der Waals surface area contributed by atoms with Crippen LogP contribution in [0.25, 0.3) is 28.9 Å². The highest BCUT2D eigenvalue weighted by Crippen LogP contribution is 2.55. The molecule has 58 heavy (non-hydrogen) atoms. The van der Waals surface area contributed by atoms with E-state index in [1.54, 1.807) is 0 Å². The molecule has 1 atom stereocenters. The lowest BCUT2D eigenvalue weighted by molar-refractivity contribution is 0.406. The Morgan fingerprint density at radius 1 is 0.431 bits per heavy atom. The average Bonchev–Trinajstić information content (AvgIpc) is 3.63. The van der Waals surface area contributed by atoms with E-state index in [-0.39, 0.29) is 10.8 Å². The van der Waals surface area contributed by atoms with Crippen LogP contribution >= 0.6 is 0 Å². The van der Waals surface area contributed by atoms with Gasteiger partial charge in [0.2, 0.25) is 0 Å². The molecule has 0 saturated heterocycles. The zero-order chi connectivity index (χ0) is 39.4. The van der Waals surface area contributed by atoms with Gasteiger partial charge < -0.3 is 9.80 Å². The van der Waals surface area contributed by atoms with E-state index in [0.29, 0.717) is 5.92 Å². The van der Waals surface area contributed by atoms with Gasteiger partial charge in [0.1, 0.15) is 0 Å². The Hall–Kier alpha value is -6.64. The van der Waals surface area contributed by atoms with Crippen molar-refractivity contribution in [1.29, 1.82) is 0 Å². The van der Waals surface area contributed by atoms with Crippen molar-refractivity contribution < 1.29 is 0 Å². The average molecular weight is 749 g/mol. The van der Waals surface area contributed by atoms with Crippen LogP contribution in [0.1, 0.15) is 67.5 Å². The quantitative estimate of drug-likeness (QED) is 0.143. The summed E-state index contributed by atoms with van der Waals surface area (Å²) in [5.41, 5.74) is 19.2. The first-order chi connectivity index (χ1) is 28.3. The van der Waals surface area contributed by atoms with E-state index in [9.17, 15) is 0 Å². The Bertz CT molecular complexity index is 2660. The van der Waals surface area contributed by atoms with Crippen LogP contribution in [0, 0.1) is 5.92 Å². The molecule has 2 nitrogen and oxygen atoms in total. The molecule has 10 rings (SSSR count).